The van der Waals surface area contributed by atoms with Gasteiger partial charge in [0.15, 0.2) is 0 Å². The summed E-state index contributed by atoms with van der Waals surface area (Å²) in [6.45, 7) is 15.8. The van der Waals surface area contributed by atoms with Gasteiger partial charge in [-0.3, -0.25) is 0 Å². The van der Waals surface area contributed by atoms with Gasteiger partial charge in [-0.15, -0.1) is 0 Å². The van der Waals surface area contributed by atoms with Crippen LogP contribution in [0.1, 0.15) is 40.5 Å². The summed E-state index contributed by atoms with van der Waals surface area (Å²) in [6.07, 6.45) is 6.05. The minimum Gasteiger partial charge on any atom is -0.0998 e. The maximum Gasteiger partial charge on any atom is -0.0114 e. The topological polar surface area (TPSA) is 0 Å². The molecule has 0 spiro atoms. The van der Waals surface area contributed by atoms with E-state index >= 15 is 0 Å². The molecule has 0 bridgehead atoms. The molecule has 0 fully saturated rings. The van der Waals surface area contributed by atoms with Crippen LogP contribution < -0.4 is 0 Å². The van der Waals surface area contributed by atoms with Crippen molar-refractivity contribution in [3.05, 3.63) is 36.5 Å². The predicted octanol–water partition coefficient (Wildman–Crippen LogP) is 4.50. The lowest BCUT2D eigenvalue weighted by Gasteiger charge is -1.96. The Kier molecular flexibility index (Phi) is 11.7. The van der Waals surface area contributed by atoms with E-state index in [9.17, 15) is 0 Å². The summed E-state index contributed by atoms with van der Waals surface area (Å²) in [5.74, 6) is 0. The van der Waals surface area contributed by atoms with Crippen molar-refractivity contribution in [1.82, 2.24) is 0 Å². The molecule has 0 heterocycles. The lowest BCUT2D eigenvalue weighted by molar-refractivity contribution is 1.09. The second-order valence-corrected chi connectivity index (χ2v) is 3.09. The molecule has 0 aromatic heterocycles. The molecule has 0 radical (unpaired) electrons. The van der Waals surface area contributed by atoms with Gasteiger partial charge in [0.2, 0.25) is 0 Å². The van der Waals surface area contributed by atoms with E-state index < -0.39 is 0 Å². The van der Waals surface area contributed by atoms with Gasteiger partial charge in [-0.2, -0.15) is 0 Å². The van der Waals surface area contributed by atoms with Crippen LogP contribution in [0.2, 0.25) is 0 Å². The lowest BCUT2D eigenvalue weighted by Crippen LogP contribution is -1.75. The number of rotatable bonds is 3. The Hall–Kier alpha value is -0.780. The Morgan fingerprint density at radius 3 is 1.92 bits per heavy atom. The molecule has 0 saturated carbocycles. The second-order valence-electron chi connectivity index (χ2n) is 3.09. The molecule has 0 aliphatic rings. The number of hydrogen-bond donors (Lipinski definition) is 0. The Morgan fingerprint density at radius 2 is 1.67 bits per heavy atom. The van der Waals surface area contributed by atoms with Crippen LogP contribution in [0.3, 0.4) is 0 Å². The quantitative estimate of drug-likeness (QED) is 0.427. The SMILES string of the molecule is C=C/C=C(\C)CC(=C)C.CCC. The summed E-state index contributed by atoms with van der Waals surface area (Å²) in [6, 6.07) is 0. The zero-order chi connectivity index (χ0) is 9.98. The van der Waals surface area contributed by atoms with Gasteiger partial charge in [0.1, 0.15) is 0 Å². The van der Waals surface area contributed by atoms with Crippen molar-refractivity contribution in [2.75, 3.05) is 0 Å². The minimum atomic E-state index is 0.992. The van der Waals surface area contributed by atoms with E-state index in [4.69, 9.17) is 0 Å². The van der Waals surface area contributed by atoms with Gasteiger partial charge in [0.05, 0.1) is 0 Å². The van der Waals surface area contributed by atoms with Gasteiger partial charge < -0.3 is 0 Å². The third-order valence-electron chi connectivity index (χ3n) is 0.983. The fourth-order valence-electron chi connectivity index (χ4n) is 0.736. The van der Waals surface area contributed by atoms with E-state index in [0.717, 1.165) is 6.42 Å². The zero-order valence-corrected chi connectivity index (χ0v) is 8.98. The summed E-state index contributed by atoms with van der Waals surface area (Å²) < 4.78 is 0. The Labute approximate surface area is 77.7 Å². The monoisotopic (exact) mass is 166 g/mol. The van der Waals surface area contributed by atoms with Crippen molar-refractivity contribution >= 4 is 0 Å². The van der Waals surface area contributed by atoms with E-state index in [1.807, 2.05) is 13.0 Å². The van der Waals surface area contributed by atoms with Gasteiger partial charge in [0.25, 0.3) is 0 Å². The minimum absolute atomic E-state index is 0.992. The normalized spacial score (nSPS) is 9.83. The number of allylic oxidation sites excluding steroid dienone is 4. The highest BCUT2D eigenvalue weighted by Gasteiger charge is 1.86. The summed E-state index contributed by atoms with van der Waals surface area (Å²) in [5, 5.41) is 0. The largest absolute Gasteiger partial charge is 0.0998 e. The summed E-state index contributed by atoms with van der Waals surface area (Å²) in [7, 11) is 0. The maximum atomic E-state index is 3.80. The van der Waals surface area contributed by atoms with Crippen LogP contribution in [0.5, 0.6) is 0 Å². The van der Waals surface area contributed by atoms with Gasteiger partial charge in [-0.1, -0.05) is 56.7 Å². The van der Waals surface area contributed by atoms with Crippen LogP contribution in [0.25, 0.3) is 0 Å². The molecular weight excluding hydrogens is 144 g/mol. The summed E-state index contributed by atoms with van der Waals surface area (Å²) >= 11 is 0. The molecule has 0 aliphatic heterocycles. The van der Waals surface area contributed by atoms with Crippen molar-refractivity contribution in [3.63, 3.8) is 0 Å². The molecule has 0 N–H and O–H groups in total. The second kappa shape index (κ2) is 10.2. The molecule has 0 atom stereocenters. The maximum absolute atomic E-state index is 3.80. The molecule has 0 amide bonds. The third kappa shape index (κ3) is 16.1. The smallest absolute Gasteiger partial charge is 0.0114 e. The van der Waals surface area contributed by atoms with E-state index in [0.29, 0.717) is 0 Å². The lowest BCUT2D eigenvalue weighted by atomic mass is 10.1. The van der Waals surface area contributed by atoms with Crippen molar-refractivity contribution < 1.29 is 0 Å². The summed E-state index contributed by atoms with van der Waals surface area (Å²) in [4.78, 5) is 0. The van der Waals surface area contributed by atoms with Gasteiger partial charge in [-0.25, -0.2) is 0 Å². The van der Waals surface area contributed by atoms with Gasteiger partial charge in [0, 0.05) is 0 Å². The first-order valence-electron chi connectivity index (χ1n) is 4.51. The standard InChI is InChI=1S/C9H14.C3H8/c1-5-6-9(4)7-8(2)3;1-3-2/h5-6H,1-2,7H2,3-4H3;3H2,1-2H3/b9-6+;. The molecule has 0 nitrogen and oxygen atoms in total. The third-order valence-corrected chi connectivity index (χ3v) is 0.983. The van der Waals surface area contributed by atoms with Crippen molar-refractivity contribution in [1.29, 1.82) is 0 Å². The highest BCUT2D eigenvalue weighted by Crippen LogP contribution is 2.06. The average Bonchev–Trinajstić information content (AvgIpc) is 1.87. The van der Waals surface area contributed by atoms with Gasteiger partial charge >= 0.3 is 0 Å². The first-order chi connectivity index (χ1) is 5.58. The summed E-state index contributed by atoms with van der Waals surface area (Å²) in [5.41, 5.74) is 2.52. The molecule has 0 aromatic rings. The first-order valence-corrected chi connectivity index (χ1v) is 4.51. The van der Waals surface area contributed by atoms with Crippen LogP contribution in [0.15, 0.2) is 36.5 Å². The van der Waals surface area contributed by atoms with Crippen molar-refractivity contribution in [3.8, 4) is 0 Å². The Balaban J connectivity index is 0. The molecule has 0 aliphatic carbocycles. The molecule has 12 heavy (non-hydrogen) atoms. The van der Waals surface area contributed by atoms with E-state index in [2.05, 4.69) is 33.9 Å². The van der Waals surface area contributed by atoms with E-state index in [1.165, 1.54) is 17.6 Å². The molecule has 70 valence electrons. The van der Waals surface area contributed by atoms with Crippen LogP contribution in [0, 0.1) is 0 Å². The molecular formula is C12H22. The predicted molar refractivity (Wildman–Crippen MR) is 59.4 cm³/mol. The average molecular weight is 166 g/mol. The Morgan fingerprint density at radius 1 is 1.25 bits per heavy atom. The van der Waals surface area contributed by atoms with Crippen LogP contribution in [-0.2, 0) is 0 Å². The highest BCUT2D eigenvalue weighted by atomic mass is 13.9. The zero-order valence-electron chi connectivity index (χ0n) is 8.98. The first kappa shape index (κ1) is 13.8. The van der Waals surface area contributed by atoms with Gasteiger partial charge in [-0.05, 0) is 20.3 Å². The van der Waals surface area contributed by atoms with Crippen LogP contribution in [0.4, 0.5) is 0 Å². The van der Waals surface area contributed by atoms with Crippen molar-refractivity contribution in [2.45, 2.75) is 40.5 Å². The van der Waals surface area contributed by atoms with E-state index in [-0.39, 0.29) is 0 Å². The highest BCUT2D eigenvalue weighted by molar-refractivity contribution is 5.13. The van der Waals surface area contributed by atoms with Crippen LogP contribution in [-0.4, -0.2) is 0 Å². The van der Waals surface area contributed by atoms with E-state index in [1.54, 1.807) is 6.08 Å². The fourth-order valence-corrected chi connectivity index (χ4v) is 0.736. The fraction of sp³-hybridized carbons (Fsp3) is 0.500. The molecule has 0 aromatic carbocycles. The molecule has 0 rings (SSSR count). The number of hydrogen-bond acceptors (Lipinski definition) is 0. The molecule has 0 heteroatoms. The molecule has 0 saturated heterocycles. The Bertz CT molecular complexity index is 149. The van der Waals surface area contributed by atoms with Crippen LogP contribution >= 0.6 is 0 Å². The van der Waals surface area contributed by atoms with Crippen molar-refractivity contribution in [2.24, 2.45) is 0 Å². The molecule has 0 unspecified atom stereocenters.